The lowest BCUT2D eigenvalue weighted by molar-refractivity contribution is 0.193. The Morgan fingerprint density at radius 1 is 1.38 bits per heavy atom. The number of unbranched alkanes of at least 4 members (excludes halogenated alkanes) is 1. The number of hydrogen-bond donors (Lipinski definition) is 2. The molecule has 1 aromatic heterocycles. The lowest BCUT2D eigenvalue weighted by Gasteiger charge is -2.03. The molecule has 1 aromatic rings. The van der Waals surface area contributed by atoms with Crippen LogP contribution < -0.4 is 10.6 Å². The zero-order valence-electron chi connectivity index (χ0n) is 10.1. The van der Waals surface area contributed by atoms with E-state index in [0.29, 0.717) is 11.9 Å². The second-order valence-corrected chi connectivity index (χ2v) is 3.58. The van der Waals surface area contributed by atoms with Gasteiger partial charge in [0.15, 0.2) is 0 Å². The molecule has 1 atom stereocenters. The van der Waals surface area contributed by atoms with E-state index in [1.807, 2.05) is 14.0 Å². The third-order valence-electron chi connectivity index (χ3n) is 2.30. The van der Waals surface area contributed by atoms with E-state index in [9.17, 15) is 0 Å². The van der Waals surface area contributed by atoms with Gasteiger partial charge in [0.2, 0.25) is 5.89 Å². The molecule has 0 aliphatic carbocycles. The minimum absolute atomic E-state index is 0.0801. The summed E-state index contributed by atoms with van der Waals surface area (Å²) in [5.41, 5.74) is 0. The number of rotatable bonds is 8. The Hall–Kier alpha value is -1.14. The van der Waals surface area contributed by atoms with E-state index < -0.39 is 0 Å². The van der Waals surface area contributed by atoms with E-state index in [4.69, 9.17) is 9.15 Å². The van der Waals surface area contributed by atoms with Crippen molar-refractivity contribution in [3.8, 4) is 0 Å². The van der Waals surface area contributed by atoms with Crippen molar-refractivity contribution in [1.82, 2.24) is 15.5 Å². The van der Waals surface area contributed by atoms with Gasteiger partial charge in [-0.3, -0.25) is 0 Å². The zero-order valence-corrected chi connectivity index (χ0v) is 10.1. The van der Waals surface area contributed by atoms with Crippen LogP contribution in [0.4, 0.5) is 6.01 Å². The summed E-state index contributed by atoms with van der Waals surface area (Å²) in [5, 5.41) is 14.0. The standard InChI is InChI=1S/C10H20N4O2/c1-8(11-2)9-13-14-10(16-9)12-6-4-5-7-15-3/h8,11H,4-7H2,1-3H3,(H,12,14). The van der Waals surface area contributed by atoms with E-state index in [1.165, 1.54) is 0 Å². The van der Waals surface area contributed by atoms with E-state index in [-0.39, 0.29) is 6.04 Å². The molecule has 1 heterocycles. The minimum atomic E-state index is 0.0801. The predicted molar refractivity (Wildman–Crippen MR) is 61.4 cm³/mol. The quantitative estimate of drug-likeness (QED) is 0.651. The van der Waals surface area contributed by atoms with Gasteiger partial charge in [-0.1, -0.05) is 5.10 Å². The zero-order chi connectivity index (χ0) is 11.8. The number of methoxy groups -OCH3 is 1. The number of nitrogens with one attached hydrogen (secondary N) is 2. The minimum Gasteiger partial charge on any atom is -0.406 e. The fraction of sp³-hybridized carbons (Fsp3) is 0.800. The normalized spacial score (nSPS) is 12.7. The predicted octanol–water partition coefficient (Wildman–Crippen LogP) is 1.19. The molecule has 6 heteroatoms. The van der Waals surface area contributed by atoms with Gasteiger partial charge in [-0.25, -0.2) is 0 Å². The van der Waals surface area contributed by atoms with Gasteiger partial charge >= 0.3 is 6.01 Å². The Bertz CT molecular complexity index is 290. The first kappa shape index (κ1) is 12.9. The maximum atomic E-state index is 5.42. The molecule has 6 nitrogen and oxygen atoms in total. The summed E-state index contributed by atoms with van der Waals surface area (Å²) in [6, 6.07) is 0.561. The van der Waals surface area contributed by atoms with E-state index in [1.54, 1.807) is 7.11 Å². The van der Waals surface area contributed by atoms with Gasteiger partial charge in [-0.2, -0.15) is 0 Å². The fourth-order valence-electron chi connectivity index (χ4n) is 1.17. The van der Waals surface area contributed by atoms with Gasteiger partial charge in [-0.15, -0.1) is 5.10 Å². The molecule has 0 saturated heterocycles. The Kier molecular flexibility index (Phi) is 5.81. The van der Waals surface area contributed by atoms with Crippen molar-refractivity contribution in [3.05, 3.63) is 5.89 Å². The highest BCUT2D eigenvalue weighted by Crippen LogP contribution is 2.12. The molecule has 92 valence electrons. The summed E-state index contributed by atoms with van der Waals surface area (Å²) < 4.78 is 10.4. The van der Waals surface area contributed by atoms with Crippen molar-refractivity contribution in [1.29, 1.82) is 0 Å². The summed E-state index contributed by atoms with van der Waals surface area (Å²) in [4.78, 5) is 0. The topological polar surface area (TPSA) is 72.2 Å². The summed E-state index contributed by atoms with van der Waals surface area (Å²) in [6.45, 7) is 3.57. The van der Waals surface area contributed by atoms with Crippen LogP contribution in [0.3, 0.4) is 0 Å². The van der Waals surface area contributed by atoms with Crippen molar-refractivity contribution in [3.63, 3.8) is 0 Å². The van der Waals surface area contributed by atoms with Gasteiger partial charge in [0.25, 0.3) is 0 Å². The van der Waals surface area contributed by atoms with Gasteiger partial charge in [0, 0.05) is 20.3 Å². The largest absolute Gasteiger partial charge is 0.406 e. The summed E-state index contributed by atoms with van der Waals surface area (Å²) >= 11 is 0. The maximum absolute atomic E-state index is 5.42. The molecule has 2 N–H and O–H groups in total. The van der Waals surface area contributed by atoms with E-state index in [2.05, 4.69) is 20.8 Å². The fourth-order valence-corrected chi connectivity index (χ4v) is 1.17. The second kappa shape index (κ2) is 7.19. The molecule has 16 heavy (non-hydrogen) atoms. The maximum Gasteiger partial charge on any atom is 0.315 e. The molecule has 0 aliphatic heterocycles. The molecule has 1 rings (SSSR count). The second-order valence-electron chi connectivity index (χ2n) is 3.58. The first-order valence-electron chi connectivity index (χ1n) is 5.51. The molecular weight excluding hydrogens is 208 g/mol. The number of aromatic nitrogens is 2. The third kappa shape index (κ3) is 4.16. The Labute approximate surface area is 95.8 Å². The monoisotopic (exact) mass is 228 g/mol. The Morgan fingerprint density at radius 2 is 2.19 bits per heavy atom. The molecule has 0 amide bonds. The van der Waals surface area contributed by atoms with Gasteiger partial charge in [0.1, 0.15) is 0 Å². The van der Waals surface area contributed by atoms with Crippen molar-refractivity contribution in [2.75, 3.05) is 32.6 Å². The van der Waals surface area contributed by atoms with E-state index >= 15 is 0 Å². The van der Waals surface area contributed by atoms with Gasteiger partial charge in [-0.05, 0) is 26.8 Å². The average molecular weight is 228 g/mol. The number of anilines is 1. The summed E-state index contributed by atoms with van der Waals surface area (Å²) in [6.07, 6.45) is 2.05. The van der Waals surface area contributed by atoms with Crippen LogP contribution >= 0.6 is 0 Å². The summed E-state index contributed by atoms with van der Waals surface area (Å²) in [7, 11) is 3.56. The SMILES string of the molecule is CNC(C)c1nnc(NCCCCOC)o1. The highest BCUT2D eigenvalue weighted by molar-refractivity contribution is 5.16. The lowest BCUT2D eigenvalue weighted by Crippen LogP contribution is -2.12. The van der Waals surface area contributed by atoms with Crippen molar-refractivity contribution < 1.29 is 9.15 Å². The van der Waals surface area contributed by atoms with Crippen LogP contribution in [0.5, 0.6) is 0 Å². The highest BCUT2D eigenvalue weighted by Gasteiger charge is 2.10. The average Bonchev–Trinajstić information content (AvgIpc) is 2.76. The number of nitrogens with zero attached hydrogens (tertiary/aromatic N) is 2. The smallest absolute Gasteiger partial charge is 0.315 e. The van der Waals surface area contributed by atoms with Crippen LogP contribution in [0.2, 0.25) is 0 Å². The van der Waals surface area contributed by atoms with Crippen LogP contribution in [-0.4, -0.2) is 37.5 Å². The van der Waals surface area contributed by atoms with E-state index in [0.717, 1.165) is 26.0 Å². The summed E-state index contributed by atoms with van der Waals surface area (Å²) in [5.74, 6) is 0.599. The molecular formula is C10H20N4O2. The Morgan fingerprint density at radius 3 is 2.88 bits per heavy atom. The molecule has 0 aliphatic rings. The Balaban J connectivity index is 2.24. The van der Waals surface area contributed by atoms with Crippen LogP contribution in [0, 0.1) is 0 Å². The molecule has 0 spiro atoms. The van der Waals surface area contributed by atoms with Crippen molar-refractivity contribution in [2.45, 2.75) is 25.8 Å². The number of hydrogen-bond acceptors (Lipinski definition) is 6. The van der Waals surface area contributed by atoms with Gasteiger partial charge < -0.3 is 19.8 Å². The molecule has 0 aromatic carbocycles. The first-order chi connectivity index (χ1) is 7.77. The molecule has 0 bridgehead atoms. The highest BCUT2D eigenvalue weighted by atomic mass is 16.5. The number of ether oxygens (including phenoxy) is 1. The van der Waals surface area contributed by atoms with Crippen LogP contribution in [0.1, 0.15) is 31.7 Å². The van der Waals surface area contributed by atoms with Crippen LogP contribution in [0.25, 0.3) is 0 Å². The molecule has 0 saturated carbocycles. The van der Waals surface area contributed by atoms with Crippen LogP contribution in [0.15, 0.2) is 4.42 Å². The first-order valence-corrected chi connectivity index (χ1v) is 5.51. The van der Waals surface area contributed by atoms with Crippen molar-refractivity contribution in [2.24, 2.45) is 0 Å². The van der Waals surface area contributed by atoms with Crippen molar-refractivity contribution >= 4 is 6.01 Å². The van der Waals surface area contributed by atoms with Gasteiger partial charge in [0.05, 0.1) is 6.04 Å². The molecule has 1 unspecified atom stereocenters. The van der Waals surface area contributed by atoms with Crippen LogP contribution in [-0.2, 0) is 4.74 Å². The molecule has 0 fully saturated rings. The molecule has 0 radical (unpaired) electrons. The third-order valence-corrected chi connectivity index (χ3v) is 2.30. The lowest BCUT2D eigenvalue weighted by atomic mass is 10.3.